The zero-order valence-electron chi connectivity index (χ0n) is 10.5. The Kier molecular flexibility index (Phi) is 3.71. The number of halogens is 3. The molecule has 1 aliphatic carbocycles. The van der Waals surface area contributed by atoms with Crippen LogP contribution in [0, 0.1) is 16.7 Å². The Morgan fingerprint density at radius 2 is 2.10 bits per heavy atom. The van der Waals surface area contributed by atoms with Crippen LogP contribution in [0.15, 0.2) is 18.2 Å². The summed E-state index contributed by atoms with van der Waals surface area (Å²) >= 11 is 0. The third-order valence-corrected chi connectivity index (χ3v) is 3.39. The highest BCUT2D eigenvalue weighted by atomic mass is 19.4. The minimum Gasteiger partial charge on any atom is -0.492 e. The van der Waals surface area contributed by atoms with Crippen LogP contribution >= 0.6 is 0 Å². The summed E-state index contributed by atoms with van der Waals surface area (Å²) < 4.78 is 44.0. The Hall–Kier alpha value is -2.03. The highest BCUT2D eigenvalue weighted by molar-refractivity contribution is 5.75. The van der Waals surface area contributed by atoms with Gasteiger partial charge in [-0.05, 0) is 31.0 Å². The number of hydrogen-bond donors (Lipinski definition) is 0. The summed E-state index contributed by atoms with van der Waals surface area (Å²) in [7, 11) is 0. The average molecular weight is 283 g/mol. The third kappa shape index (κ3) is 3.10. The summed E-state index contributed by atoms with van der Waals surface area (Å²) in [4.78, 5) is 10.6. The lowest BCUT2D eigenvalue weighted by Gasteiger charge is -2.17. The van der Waals surface area contributed by atoms with Crippen molar-refractivity contribution in [3.8, 4) is 11.8 Å². The first-order valence-corrected chi connectivity index (χ1v) is 6.06. The van der Waals surface area contributed by atoms with Crippen molar-refractivity contribution >= 4 is 6.29 Å². The fourth-order valence-electron chi connectivity index (χ4n) is 1.92. The summed E-state index contributed by atoms with van der Waals surface area (Å²) in [5, 5.41) is 8.67. The van der Waals surface area contributed by atoms with E-state index in [1.165, 1.54) is 6.07 Å². The molecule has 106 valence electrons. The van der Waals surface area contributed by atoms with Gasteiger partial charge >= 0.3 is 6.18 Å². The van der Waals surface area contributed by atoms with Crippen molar-refractivity contribution in [2.45, 2.75) is 25.4 Å². The van der Waals surface area contributed by atoms with Crippen molar-refractivity contribution in [2.75, 3.05) is 6.61 Å². The van der Waals surface area contributed by atoms with Crippen LogP contribution in [0.25, 0.3) is 0 Å². The molecule has 20 heavy (non-hydrogen) atoms. The van der Waals surface area contributed by atoms with Crippen molar-refractivity contribution < 1.29 is 22.7 Å². The van der Waals surface area contributed by atoms with Crippen LogP contribution in [-0.4, -0.2) is 12.9 Å². The number of alkyl halides is 3. The van der Waals surface area contributed by atoms with E-state index < -0.39 is 11.7 Å². The molecule has 0 aliphatic heterocycles. The van der Waals surface area contributed by atoms with E-state index in [2.05, 4.69) is 0 Å². The first kappa shape index (κ1) is 14.4. The standard InChI is InChI=1S/C14H12F3NO2/c15-14(16,17)11-7-10(8-19)1-2-12(11)20-9-13(3-4-13)5-6-18/h1-2,7-8H,3-5,9H2. The molecule has 0 radical (unpaired) electrons. The molecule has 3 nitrogen and oxygen atoms in total. The number of aldehydes is 1. The molecule has 0 heterocycles. The molecule has 0 aromatic heterocycles. The summed E-state index contributed by atoms with van der Waals surface area (Å²) in [5.74, 6) is -0.299. The predicted octanol–water partition coefficient (Wildman–Crippen LogP) is 3.59. The highest BCUT2D eigenvalue weighted by Crippen LogP contribution is 2.49. The second kappa shape index (κ2) is 5.16. The number of nitrogens with zero attached hydrogens (tertiary/aromatic N) is 1. The van der Waals surface area contributed by atoms with E-state index in [0.29, 0.717) is 6.29 Å². The zero-order valence-corrected chi connectivity index (χ0v) is 10.5. The number of carbonyl (C=O) groups excluding carboxylic acids is 1. The number of hydrogen-bond acceptors (Lipinski definition) is 3. The third-order valence-electron chi connectivity index (χ3n) is 3.39. The van der Waals surface area contributed by atoms with Gasteiger partial charge in [0.2, 0.25) is 0 Å². The fraction of sp³-hybridized carbons (Fsp3) is 0.429. The normalized spacial score (nSPS) is 16.3. The van der Waals surface area contributed by atoms with Crippen molar-refractivity contribution in [1.29, 1.82) is 5.26 Å². The van der Waals surface area contributed by atoms with Crippen molar-refractivity contribution in [3.05, 3.63) is 29.3 Å². The lowest BCUT2D eigenvalue weighted by atomic mass is 10.1. The molecule has 6 heteroatoms. The van der Waals surface area contributed by atoms with Gasteiger partial charge in [-0.1, -0.05) is 0 Å². The van der Waals surface area contributed by atoms with Crippen LogP contribution in [0.5, 0.6) is 5.75 Å². The Labute approximate surface area is 114 Å². The van der Waals surface area contributed by atoms with Crippen LogP contribution in [0.3, 0.4) is 0 Å². The summed E-state index contributed by atoms with van der Waals surface area (Å²) in [6.07, 6.45) is -2.37. The van der Waals surface area contributed by atoms with Crippen molar-refractivity contribution in [3.63, 3.8) is 0 Å². The molecular formula is C14H12F3NO2. The second-order valence-corrected chi connectivity index (χ2v) is 4.99. The number of nitriles is 1. The molecule has 2 rings (SSSR count). The van der Waals surface area contributed by atoms with Crippen molar-refractivity contribution in [1.82, 2.24) is 0 Å². The van der Waals surface area contributed by atoms with Crippen LogP contribution in [0.1, 0.15) is 35.2 Å². The minimum atomic E-state index is -4.58. The fourth-order valence-corrected chi connectivity index (χ4v) is 1.92. The molecular weight excluding hydrogens is 271 g/mol. The first-order chi connectivity index (χ1) is 9.40. The molecule has 0 unspecified atom stereocenters. The summed E-state index contributed by atoms with van der Waals surface area (Å²) in [5.41, 5.74) is -1.32. The SMILES string of the molecule is N#CCC1(COc2ccc(C=O)cc2C(F)(F)F)CC1. The molecule has 0 atom stereocenters. The zero-order chi connectivity index (χ0) is 14.8. The Morgan fingerprint density at radius 1 is 1.40 bits per heavy atom. The molecule has 1 saturated carbocycles. The molecule has 1 fully saturated rings. The van der Waals surface area contributed by atoms with Gasteiger partial charge in [-0.15, -0.1) is 0 Å². The topological polar surface area (TPSA) is 50.1 Å². The van der Waals surface area contributed by atoms with Gasteiger partial charge in [0, 0.05) is 17.4 Å². The molecule has 0 amide bonds. The van der Waals surface area contributed by atoms with Gasteiger partial charge in [0.05, 0.1) is 18.2 Å². The number of carbonyl (C=O) groups is 1. The van der Waals surface area contributed by atoms with Crippen LogP contribution < -0.4 is 4.74 Å². The number of benzene rings is 1. The second-order valence-electron chi connectivity index (χ2n) is 4.99. The Bertz CT molecular complexity index is 557. The molecule has 0 spiro atoms. The van der Waals surface area contributed by atoms with Gasteiger partial charge < -0.3 is 4.74 Å². The van der Waals surface area contributed by atoms with Crippen LogP contribution in [0.4, 0.5) is 13.2 Å². The van der Waals surface area contributed by atoms with E-state index in [-0.39, 0.29) is 29.8 Å². The summed E-state index contributed by atoms with van der Waals surface area (Å²) in [6.45, 7) is 0.0874. The molecule has 0 N–H and O–H groups in total. The van der Waals surface area contributed by atoms with Gasteiger partial charge in [-0.25, -0.2) is 0 Å². The minimum absolute atomic E-state index is 0.0529. The van der Waals surface area contributed by atoms with Gasteiger partial charge in [0.15, 0.2) is 0 Å². The Morgan fingerprint density at radius 3 is 2.60 bits per heavy atom. The van der Waals surface area contributed by atoms with E-state index in [0.717, 1.165) is 25.0 Å². The Balaban J connectivity index is 2.19. The average Bonchev–Trinajstić information content (AvgIpc) is 3.16. The maximum Gasteiger partial charge on any atom is 0.419 e. The van der Waals surface area contributed by atoms with E-state index >= 15 is 0 Å². The molecule has 1 aromatic carbocycles. The van der Waals surface area contributed by atoms with Crippen molar-refractivity contribution in [2.24, 2.45) is 5.41 Å². The molecule has 0 bridgehead atoms. The smallest absolute Gasteiger partial charge is 0.419 e. The molecule has 1 aromatic rings. The summed E-state index contributed by atoms with van der Waals surface area (Å²) in [6, 6.07) is 5.22. The van der Waals surface area contributed by atoms with E-state index in [1.807, 2.05) is 6.07 Å². The van der Waals surface area contributed by atoms with Crippen LogP contribution in [0.2, 0.25) is 0 Å². The van der Waals surface area contributed by atoms with Gasteiger partial charge in [0.25, 0.3) is 0 Å². The largest absolute Gasteiger partial charge is 0.492 e. The molecule has 0 saturated heterocycles. The van der Waals surface area contributed by atoms with Gasteiger partial charge in [0.1, 0.15) is 12.0 Å². The van der Waals surface area contributed by atoms with Gasteiger partial charge in [-0.3, -0.25) is 4.79 Å². The predicted molar refractivity (Wildman–Crippen MR) is 64.2 cm³/mol. The quantitative estimate of drug-likeness (QED) is 0.776. The van der Waals surface area contributed by atoms with Crippen LogP contribution in [-0.2, 0) is 6.18 Å². The highest BCUT2D eigenvalue weighted by Gasteiger charge is 2.44. The van der Waals surface area contributed by atoms with E-state index in [4.69, 9.17) is 10.00 Å². The first-order valence-electron chi connectivity index (χ1n) is 6.06. The lowest BCUT2D eigenvalue weighted by molar-refractivity contribution is -0.139. The maximum atomic E-state index is 12.9. The number of rotatable bonds is 5. The van der Waals surface area contributed by atoms with E-state index in [1.54, 1.807) is 0 Å². The van der Waals surface area contributed by atoms with E-state index in [9.17, 15) is 18.0 Å². The maximum absolute atomic E-state index is 12.9. The monoisotopic (exact) mass is 283 g/mol. The number of ether oxygens (including phenoxy) is 1. The lowest BCUT2D eigenvalue weighted by Crippen LogP contribution is -2.15. The van der Waals surface area contributed by atoms with Gasteiger partial charge in [-0.2, -0.15) is 18.4 Å². The molecule has 1 aliphatic rings.